The van der Waals surface area contributed by atoms with E-state index in [4.69, 9.17) is 10.00 Å². The minimum Gasteiger partial charge on any atom is -0.460 e. The number of carbonyl (C=O) groups excluding carboxylic acids is 1. The zero-order chi connectivity index (χ0) is 17.6. The molecule has 0 saturated heterocycles. The molecule has 3 rings (SSSR count). The lowest BCUT2D eigenvalue weighted by molar-refractivity contribution is 0.0523. The van der Waals surface area contributed by atoms with Crippen molar-refractivity contribution < 1.29 is 9.53 Å². The van der Waals surface area contributed by atoms with Crippen LogP contribution >= 0.6 is 0 Å². The molecule has 0 amide bonds. The van der Waals surface area contributed by atoms with Gasteiger partial charge in [-0.15, -0.1) is 0 Å². The second-order valence-electron chi connectivity index (χ2n) is 5.45. The molecule has 0 spiro atoms. The van der Waals surface area contributed by atoms with Gasteiger partial charge in [0.05, 0.1) is 23.2 Å². The van der Waals surface area contributed by atoms with E-state index in [1.54, 1.807) is 30.6 Å². The number of carbonyl (C=O) groups is 1. The Bertz CT molecular complexity index is 963. The third-order valence-electron chi connectivity index (χ3n) is 3.67. The van der Waals surface area contributed by atoms with Crippen molar-refractivity contribution in [2.45, 2.75) is 6.92 Å². The van der Waals surface area contributed by atoms with Gasteiger partial charge < -0.3 is 10.1 Å². The van der Waals surface area contributed by atoms with E-state index in [-0.39, 0.29) is 6.61 Å². The van der Waals surface area contributed by atoms with Crippen molar-refractivity contribution in [2.24, 2.45) is 0 Å². The number of aromatic nitrogens is 2. The average molecular weight is 332 g/mol. The Balaban J connectivity index is 1.63. The van der Waals surface area contributed by atoms with Crippen molar-refractivity contribution in [2.75, 3.05) is 18.5 Å². The molecule has 0 saturated carbocycles. The standard InChI is InChI=1S/C19H16N4O2/c1-13-4-5-15-16(6-8-21-17(15)11-13)19(24)25-10-9-23-18-14(12-20)3-2-7-22-18/h2-8,11H,9-10H2,1H3,(H,22,23). The molecule has 0 aliphatic heterocycles. The molecule has 6 nitrogen and oxygen atoms in total. The van der Waals surface area contributed by atoms with Crippen LogP contribution in [0.3, 0.4) is 0 Å². The Morgan fingerprint density at radius 2 is 2.12 bits per heavy atom. The lowest BCUT2D eigenvalue weighted by atomic mass is 10.1. The van der Waals surface area contributed by atoms with Crippen LogP contribution in [-0.4, -0.2) is 29.1 Å². The Labute approximate surface area is 145 Å². The minimum absolute atomic E-state index is 0.163. The van der Waals surface area contributed by atoms with Gasteiger partial charge in [0.15, 0.2) is 0 Å². The summed E-state index contributed by atoms with van der Waals surface area (Å²) >= 11 is 0. The summed E-state index contributed by atoms with van der Waals surface area (Å²) in [6.45, 7) is 2.50. The molecular weight excluding hydrogens is 316 g/mol. The zero-order valence-electron chi connectivity index (χ0n) is 13.7. The van der Waals surface area contributed by atoms with Gasteiger partial charge >= 0.3 is 5.97 Å². The molecule has 6 heteroatoms. The van der Waals surface area contributed by atoms with E-state index in [2.05, 4.69) is 21.4 Å². The van der Waals surface area contributed by atoms with E-state index >= 15 is 0 Å². The molecule has 0 bridgehead atoms. The number of anilines is 1. The summed E-state index contributed by atoms with van der Waals surface area (Å²) in [6, 6.07) is 12.8. The fraction of sp³-hybridized carbons (Fsp3) is 0.158. The summed E-state index contributed by atoms with van der Waals surface area (Å²) in [4.78, 5) is 20.7. The van der Waals surface area contributed by atoms with Gasteiger partial charge in [-0.05, 0) is 36.8 Å². The predicted molar refractivity (Wildman–Crippen MR) is 94.2 cm³/mol. The number of hydrogen-bond acceptors (Lipinski definition) is 6. The molecule has 0 fully saturated rings. The number of fused-ring (bicyclic) bond motifs is 1. The van der Waals surface area contributed by atoms with Crippen molar-refractivity contribution in [3.8, 4) is 6.07 Å². The molecule has 0 unspecified atom stereocenters. The van der Waals surface area contributed by atoms with Gasteiger partial charge in [0, 0.05) is 17.8 Å². The highest BCUT2D eigenvalue weighted by atomic mass is 16.5. The first-order valence-electron chi connectivity index (χ1n) is 7.80. The Kier molecular flexibility index (Phi) is 4.86. The molecule has 0 aliphatic rings. The molecule has 3 aromatic rings. The van der Waals surface area contributed by atoms with Crippen LogP contribution in [0.25, 0.3) is 10.9 Å². The van der Waals surface area contributed by atoms with Gasteiger partial charge in [-0.2, -0.15) is 5.26 Å². The summed E-state index contributed by atoms with van der Waals surface area (Å²) in [7, 11) is 0. The van der Waals surface area contributed by atoms with E-state index in [0.717, 1.165) is 16.5 Å². The van der Waals surface area contributed by atoms with Crippen molar-refractivity contribution in [3.63, 3.8) is 0 Å². The Hall–Kier alpha value is -3.46. The number of nitriles is 1. The molecule has 0 aliphatic carbocycles. The third kappa shape index (κ3) is 3.72. The van der Waals surface area contributed by atoms with E-state index in [1.165, 1.54) is 0 Å². The van der Waals surface area contributed by atoms with Crippen LogP contribution in [0.1, 0.15) is 21.5 Å². The second-order valence-corrected chi connectivity index (χ2v) is 5.45. The van der Waals surface area contributed by atoms with Gasteiger partial charge in [-0.1, -0.05) is 12.1 Å². The molecule has 2 aromatic heterocycles. The maximum Gasteiger partial charge on any atom is 0.338 e. The molecule has 2 heterocycles. The summed E-state index contributed by atoms with van der Waals surface area (Å²) in [5.74, 6) is 0.0745. The Morgan fingerprint density at radius 3 is 2.96 bits per heavy atom. The van der Waals surface area contributed by atoms with Crippen molar-refractivity contribution in [1.82, 2.24) is 9.97 Å². The van der Waals surface area contributed by atoms with Gasteiger partial charge in [0.1, 0.15) is 18.5 Å². The topological polar surface area (TPSA) is 87.9 Å². The third-order valence-corrected chi connectivity index (χ3v) is 3.67. The number of hydrogen-bond donors (Lipinski definition) is 1. The summed E-state index contributed by atoms with van der Waals surface area (Å²) in [5, 5.41) is 12.8. The van der Waals surface area contributed by atoms with Crippen LogP contribution in [0.5, 0.6) is 0 Å². The van der Waals surface area contributed by atoms with E-state index in [0.29, 0.717) is 23.5 Å². The number of benzene rings is 1. The molecule has 0 atom stereocenters. The second kappa shape index (κ2) is 7.41. The lowest BCUT2D eigenvalue weighted by Crippen LogP contribution is -2.15. The zero-order valence-corrected chi connectivity index (χ0v) is 13.7. The summed E-state index contributed by atoms with van der Waals surface area (Å²) in [5.41, 5.74) is 2.78. The molecular formula is C19H16N4O2. The monoisotopic (exact) mass is 332 g/mol. The molecule has 0 radical (unpaired) electrons. The quantitative estimate of drug-likeness (QED) is 0.570. The number of aryl methyl sites for hydroxylation is 1. The van der Waals surface area contributed by atoms with Gasteiger partial charge in [0.25, 0.3) is 0 Å². The first kappa shape index (κ1) is 16.4. The highest BCUT2D eigenvalue weighted by Crippen LogP contribution is 2.19. The maximum atomic E-state index is 12.3. The fourth-order valence-corrected chi connectivity index (χ4v) is 2.46. The first-order chi connectivity index (χ1) is 12.2. The fourth-order valence-electron chi connectivity index (χ4n) is 2.46. The van der Waals surface area contributed by atoms with Crippen molar-refractivity contribution in [1.29, 1.82) is 5.26 Å². The average Bonchev–Trinajstić information content (AvgIpc) is 2.64. The van der Waals surface area contributed by atoms with Gasteiger partial charge in [0.2, 0.25) is 0 Å². The first-order valence-corrected chi connectivity index (χ1v) is 7.80. The largest absolute Gasteiger partial charge is 0.460 e. The number of nitrogens with zero attached hydrogens (tertiary/aromatic N) is 3. The van der Waals surface area contributed by atoms with Crippen LogP contribution in [0.4, 0.5) is 5.82 Å². The summed E-state index contributed by atoms with van der Waals surface area (Å²) < 4.78 is 5.32. The number of nitrogens with one attached hydrogen (secondary N) is 1. The number of esters is 1. The smallest absolute Gasteiger partial charge is 0.338 e. The molecule has 124 valence electrons. The lowest BCUT2D eigenvalue weighted by Gasteiger charge is -2.09. The van der Waals surface area contributed by atoms with Crippen LogP contribution in [0, 0.1) is 18.3 Å². The van der Waals surface area contributed by atoms with Gasteiger partial charge in [-0.3, -0.25) is 4.98 Å². The number of rotatable bonds is 5. The number of pyridine rings is 2. The maximum absolute atomic E-state index is 12.3. The van der Waals surface area contributed by atoms with Crippen LogP contribution in [0.2, 0.25) is 0 Å². The Morgan fingerprint density at radius 1 is 1.24 bits per heavy atom. The van der Waals surface area contributed by atoms with Crippen LogP contribution in [-0.2, 0) is 4.74 Å². The number of ether oxygens (including phenoxy) is 1. The minimum atomic E-state index is -0.403. The molecule has 1 N–H and O–H groups in total. The van der Waals surface area contributed by atoms with E-state index in [1.807, 2.05) is 25.1 Å². The molecule has 25 heavy (non-hydrogen) atoms. The van der Waals surface area contributed by atoms with Crippen molar-refractivity contribution >= 4 is 22.7 Å². The highest BCUT2D eigenvalue weighted by Gasteiger charge is 2.12. The highest BCUT2D eigenvalue weighted by molar-refractivity contribution is 6.03. The van der Waals surface area contributed by atoms with Crippen LogP contribution < -0.4 is 5.32 Å². The van der Waals surface area contributed by atoms with Gasteiger partial charge in [-0.25, -0.2) is 9.78 Å². The normalized spacial score (nSPS) is 10.2. The van der Waals surface area contributed by atoms with E-state index < -0.39 is 5.97 Å². The van der Waals surface area contributed by atoms with E-state index in [9.17, 15) is 4.79 Å². The summed E-state index contributed by atoms with van der Waals surface area (Å²) in [6.07, 6.45) is 3.20. The van der Waals surface area contributed by atoms with Crippen LogP contribution in [0.15, 0.2) is 48.8 Å². The van der Waals surface area contributed by atoms with Crippen molar-refractivity contribution in [3.05, 3.63) is 65.5 Å². The molecule has 1 aromatic carbocycles. The predicted octanol–water partition coefficient (Wildman–Crippen LogP) is 3.08. The SMILES string of the molecule is Cc1ccc2c(C(=O)OCCNc3ncccc3C#N)ccnc2c1.